The molecule has 0 spiro atoms. The minimum absolute atomic E-state index is 0.00736. The van der Waals surface area contributed by atoms with E-state index in [4.69, 9.17) is 4.42 Å². The van der Waals surface area contributed by atoms with Crippen molar-refractivity contribution in [3.63, 3.8) is 0 Å². The van der Waals surface area contributed by atoms with E-state index >= 15 is 0 Å². The van der Waals surface area contributed by atoms with Crippen LogP contribution in [0.3, 0.4) is 0 Å². The lowest BCUT2D eigenvalue weighted by Crippen LogP contribution is -2.27. The number of hydrogen-bond acceptors (Lipinski definition) is 2. The quantitative estimate of drug-likeness (QED) is 0.895. The van der Waals surface area contributed by atoms with Gasteiger partial charge in [0.05, 0.1) is 6.26 Å². The van der Waals surface area contributed by atoms with Crippen LogP contribution in [0.25, 0.3) is 0 Å². The molecule has 1 heterocycles. The van der Waals surface area contributed by atoms with Gasteiger partial charge in [-0.15, -0.1) is 0 Å². The molecule has 1 aromatic heterocycles. The van der Waals surface area contributed by atoms with Crippen molar-refractivity contribution >= 4 is 0 Å². The fraction of sp³-hybridized carbons (Fsp3) is 0.375. The van der Waals surface area contributed by atoms with Gasteiger partial charge in [-0.1, -0.05) is 18.2 Å². The third-order valence-corrected chi connectivity index (χ3v) is 3.87. The second-order valence-corrected chi connectivity index (χ2v) is 5.15. The summed E-state index contributed by atoms with van der Waals surface area (Å²) in [4.78, 5) is 0. The number of halogens is 1. The van der Waals surface area contributed by atoms with Crippen molar-refractivity contribution in [2.75, 3.05) is 0 Å². The van der Waals surface area contributed by atoms with Crippen LogP contribution in [-0.4, -0.2) is 0 Å². The largest absolute Gasteiger partial charge is 0.469 e. The van der Waals surface area contributed by atoms with Gasteiger partial charge in [-0.05, 0) is 31.9 Å². The van der Waals surface area contributed by atoms with Crippen LogP contribution in [0.15, 0.2) is 41.0 Å². The molecule has 1 aliphatic carbocycles. The average Bonchev–Trinajstić information content (AvgIpc) is 2.88. The number of rotatable bonds is 3. The molecule has 1 aromatic carbocycles. The van der Waals surface area contributed by atoms with Gasteiger partial charge in [-0.2, -0.15) is 0 Å². The standard InChI is InChI=1S/C16H18FNO/c1-11(12-5-2-3-6-14(12)17)18-15-7-4-8-16-13(15)9-10-19-16/h2-3,5-6,9-11,15,18H,4,7-8H2,1H3. The molecule has 2 nitrogen and oxygen atoms in total. The minimum Gasteiger partial charge on any atom is -0.469 e. The maximum atomic E-state index is 13.8. The van der Waals surface area contributed by atoms with Crippen molar-refractivity contribution in [3.05, 3.63) is 59.3 Å². The monoisotopic (exact) mass is 259 g/mol. The molecule has 2 aromatic rings. The average molecular weight is 259 g/mol. The van der Waals surface area contributed by atoms with Crippen LogP contribution < -0.4 is 5.32 Å². The first kappa shape index (κ1) is 12.4. The lowest BCUT2D eigenvalue weighted by molar-refractivity contribution is 0.381. The zero-order chi connectivity index (χ0) is 13.2. The maximum Gasteiger partial charge on any atom is 0.127 e. The summed E-state index contributed by atoms with van der Waals surface area (Å²) in [5, 5.41) is 3.52. The van der Waals surface area contributed by atoms with E-state index in [-0.39, 0.29) is 17.9 Å². The molecule has 0 saturated heterocycles. The van der Waals surface area contributed by atoms with Crippen molar-refractivity contribution in [1.82, 2.24) is 5.32 Å². The molecule has 0 fully saturated rings. The highest BCUT2D eigenvalue weighted by Gasteiger charge is 2.24. The van der Waals surface area contributed by atoms with E-state index in [0.29, 0.717) is 0 Å². The molecule has 1 aliphatic rings. The van der Waals surface area contributed by atoms with Crippen molar-refractivity contribution in [2.24, 2.45) is 0 Å². The van der Waals surface area contributed by atoms with E-state index in [1.807, 2.05) is 25.1 Å². The number of nitrogens with one attached hydrogen (secondary N) is 1. The highest BCUT2D eigenvalue weighted by atomic mass is 19.1. The Hall–Kier alpha value is -1.61. The van der Waals surface area contributed by atoms with E-state index in [1.165, 1.54) is 11.6 Å². The topological polar surface area (TPSA) is 25.2 Å². The molecule has 0 saturated carbocycles. The van der Waals surface area contributed by atoms with Gasteiger partial charge in [0.15, 0.2) is 0 Å². The number of hydrogen-bond donors (Lipinski definition) is 1. The molecule has 100 valence electrons. The Labute approximate surface area is 112 Å². The van der Waals surface area contributed by atoms with E-state index in [9.17, 15) is 4.39 Å². The summed E-state index contributed by atoms with van der Waals surface area (Å²) in [6.07, 6.45) is 4.94. The Morgan fingerprint density at radius 2 is 2.16 bits per heavy atom. The summed E-state index contributed by atoms with van der Waals surface area (Å²) < 4.78 is 19.3. The molecular weight excluding hydrogens is 241 g/mol. The second kappa shape index (κ2) is 5.17. The van der Waals surface area contributed by atoms with Crippen LogP contribution >= 0.6 is 0 Å². The van der Waals surface area contributed by atoms with Gasteiger partial charge in [0.2, 0.25) is 0 Å². The molecule has 1 N–H and O–H groups in total. The molecular formula is C16H18FNO. The first-order chi connectivity index (χ1) is 9.25. The molecule has 3 rings (SSSR count). The third kappa shape index (κ3) is 2.43. The van der Waals surface area contributed by atoms with E-state index in [1.54, 1.807) is 12.3 Å². The van der Waals surface area contributed by atoms with E-state index < -0.39 is 0 Å². The molecule has 19 heavy (non-hydrogen) atoms. The SMILES string of the molecule is CC(NC1CCCc2occc21)c1ccccc1F. The van der Waals surface area contributed by atoms with Gasteiger partial charge in [0.1, 0.15) is 11.6 Å². The molecule has 0 radical (unpaired) electrons. The van der Waals surface area contributed by atoms with Gasteiger partial charge in [-0.25, -0.2) is 4.39 Å². The Morgan fingerprint density at radius 1 is 1.32 bits per heavy atom. The predicted octanol–water partition coefficient (Wildman–Crippen LogP) is 4.15. The van der Waals surface area contributed by atoms with Crippen LogP contribution in [0.4, 0.5) is 4.39 Å². The fourth-order valence-corrected chi connectivity index (χ4v) is 2.88. The Balaban J connectivity index is 1.78. The summed E-state index contributed by atoms with van der Waals surface area (Å²) in [6.45, 7) is 2.01. The fourth-order valence-electron chi connectivity index (χ4n) is 2.88. The van der Waals surface area contributed by atoms with Gasteiger partial charge in [0.25, 0.3) is 0 Å². The van der Waals surface area contributed by atoms with Crippen LogP contribution in [0.5, 0.6) is 0 Å². The van der Waals surface area contributed by atoms with Crippen LogP contribution in [0.1, 0.15) is 48.7 Å². The number of aryl methyl sites for hydroxylation is 1. The molecule has 2 unspecified atom stereocenters. The van der Waals surface area contributed by atoms with Crippen molar-refractivity contribution < 1.29 is 8.81 Å². The lowest BCUT2D eigenvalue weighted by Gasteiger charge is -2.26. The molecule has 3 heteroatoms. The van der Waals surface area contributed by atoms with Crippen LogP contribution in [0.2, 0.25) is 0 Å². The zero-order valence-corrected chi connectivity index (χ0v) is 11.0. The maximum absolute atomic E-state index is 13.8. The normalized spacial score (nSPS) is 20.0. The Kier molecular flexibility index (Phi) is 3.38. The van der Waals surface area contributed by atoms with Crippen molar-refractivity contribution in [2.45, 2.75) is 38.3 Å². The smallest absolute Gasteiger partial charge is 0.127 e. The Morgan fingerprint density at radius 3 is 3.00 bits per heavy atom. The van der Waals surface area contributed by atoms with E-state index in [0.717, 1.165) is 30.6 Å². The molecule has 2 atom stereocenters. The van der Waals surface area contributed by atoms with Crippen LogP contribution in [0, 0.1) is 5.82 Å². The van der Waals surface area contributed by atoms with E-state index in [2.05, 4.69) is 5.32 Å². The summed E-state index contributed by atoms with van der Waals surface area (Å²) in [6, 6.07) is 9.23. The zero-order valence-electron chi connectivity index (χ0n) is 11.0. The lowest BCUT2D eigenvalue weighted by atomic mass is 9.92. The second-order valence-electron chi connectivity index (χ2n) is 5.15. The third-order valence-electron chi connectivity index (χ3n) is 3.87. The number of fused-ring (bicyclic) bond motifs is 1. The van der Waals surface area contributed by atoms with Gasteiger partial charge in [-0.3, -0.25) is 0 Å². The molecule has 0 aliphatic heterocycles. The van der Waals surface area contributed by atoms with Gasteiger partial charge < -0.3 is 9.73 Å². The number of furan rings is 1. The Bertz CT molecular complexity index is 563. The summed E-state index contributed by atoms with van der Waals surface area (Å²) in [5.41, 5.74) is 1.95. The highest BCUT2D eigenvalue weighted by molar-refractivity contribution is 5.26. The van der Waals surface area contributed by atoms with Crippen LogP contribution in [-0.2, 0) is 6.42 Å². The highest BCUT2D eigenvalue weighted by Crippen LogP contribution is 2.32. The summed E-state index contributed by atoms with van der Waals surface area (Å²) >= 11 is 0. The predicted molar refractivity (Wildman–Crippen MR) is 72.3 cm³/mol. The molecule has 0 bridgehead atoms. The van der Waals surface area contributed by atoms with Gasteiger partial charge in [0, 0.05) is 29.6 Å². The summed E-state index contributed by atoms with van der Waals surface area (Å²) in [7, 11) is 0. The van der Waals surface area contributed by atoms with Crippen molar-refractivity contribution in [1.29, 1.82) is 0 Å². The summed E-state index contributed by atoms with van der Waals surface area (Å²) in [5.74, 6) is 0.926. The first-order valence-corrected chi connectivity index (χ1v) is 6.82. The van der Waals surface area contributed by atoms with Gasteiger partial charge >= 0.3 is 0 Å². The minimum atomic E-state index is -0.147. The first-order valence-electron chi connectivity index (χ1n) is 6.82. The van der Waals surface area contributed by atoms with Crippen molar-refractivity contribution in [3.8, 4) is 0 Å². The molecule has 0 amide bonds. The number of benzene rings is 1.